The zero-order valence-electron chi connectivity index (χ0n) is 17.9. The van der Waals surface area contributed by atoms with Gasteiger partial charge in [-0.2, -0.15) is 0 Å². The summed E-state index contributed by atoms with van der Waals surface area (Å²) >= 11 is 0. The standard InChI is InChI=1S/C21H29FN4O3S.HI/c1-4-23-21(26-16(2)15-29-3)24-13-18-8-6-10-20(12-18)30(27,28)25-14-17-7-5-9-19(22)11-17;/h5-12,16,25H,4,13-15H2,1-3H3,(H2,23,24,26);1H. The fourth-order valence-corrected chi connectivity index (χ4v) is 3.82. The molecule has 2 rings (SSSR count). The fraction of sp³-hybridized carbons (Fsp3) is 0.381. The van der Waals surface area contributed by atoms with Crippen molar-refractivity contribution in [3.63, 3.8) is 0 Å². The Morgan fingerprint density at radius 2 is 1.87 bits per heavy atom. The van der Waals surface area contributed by atoms with E-state index in [-0.39, 0.29) is 41.5 Å². The second-order valence-electron chi connectivity index (χ2n) is 6.80. The number of methoxy groups -OCH3 is 1. The lowest BCUT2D eigenvalue weighted by Crippen LogP contribution is -2.43. The quantitative estimate of drug-likeness (QED) is 0.235. The summed E-state index contributed by atoms with van der Waals surface area (Å²) in [6.07, 6.45) is 0. The number of nitrogens with one attached hydrogen (secondary N) is 3. The summed E-state index contributed by atoms with van der Waals surface area (Å²) in [5, 5.41) is 6.38. The van der Waals surface area contributed by atoms with E-state index in [9.17, 15) is 12.8 Å². The Morgan fingerprint density at radius 1 is 1.16 bits per heavy atom. The van der Waals surface area contributed by atoms with Crippen LogP contribution in [0.15, 0.2) is 58.4 Å². The number of hydrogen-bond donors (Lipinski definition) is 3. The summed E-state index contributed by atoms with van der Waals surface area (Å²) in [6.45, 7) is 5.50. The Hall–Kier alpha value is -1.76. The summed E-state index contributed by atoms with van der Waals surface area (Å²) in [5.41, 5.74) is 1.30. The number of guanidine groups is 1. The molecule has 7 nitrogen and oxygen atoms in total. The van der Waals surface area contributed by atoms with Crippen molar-refractivity contribution in [2.75, 3.05) is 20.3 Å². The molecule has 0 aliphatic heterocycles. The Labute approximate surface area is 201 Å². The van der Waals surface area contributed by atoms with Crippen LogP contribution >= 0.6 is 24.0 Å². The molecule has 0 aromatic heterocycles. The minimum absolute atomic E-state index is 0. The first-order chi connectivity index (χ1) is 14.3. The van der Waals surface area contributed by atoms with E-state index in [1.165, 1.54) is 18.2 Å². The van der Waals surface area contributed by atoms with Crippen LogP contribution in [0.2, 0.25) is 0 Å². The molecule has 0 fully saturated rings. The molecule has 2 aromatic rings. The minimum atomic E-state index is -3.74. The molecular formula is C21H30FIN4O3S. The first-order valence-corrected chi connectivity index (χ1v) is 11.2. The van der Waals surface area contributed by atoms with Crippen molar-refractivity contribution in [1.29, 1.82) is 0 Å². The highest BCUT2D eigenvalue weighted by atomic mass is 127. The number of sulfonamides is 1. The van der Waals surface area contributed by atoms with E-state index >= 15 is 0 Å². The van der Waals surface area contributed by atoms with Gasteiger partial charge in [0.25, 0.3) is 0 Å². The van der Waals surface area contributed by atoms with E-state index in [0.717, 1.165) is 5.56 Å². The molecule has 0 saturated heterocycles. The Kier molecular flexibility index (Phi) is 12.0. The van der Waals surface area contributed by atoms with Gasteiger partial charge in [0, 0.05) is 26.2 Å². The zero-order valence-corrected chi connectivity index (χ0v) is 21.0. The van der Waals surface area contributed by atoms with Gasteiger partial charge in [-0.05, 0) is 49.2 Å². The van der Waals surface area contributed by atoms with Crippen LogP contribution in [0.25, 0.3) is 0 Å². The van der Waals surface area contributed by atoms with E-state index < -0.39 is 15.8 Å². The third-order valence-corrected chi connectivity index (χ3v) is 5.53. The number of hydrogen-bond acceptors (Lipinski definition) is 4. The lowest BCUT2D eigenvalue weighted by Gasteiger charge is -2.17. The van der Waals surface area contributed by atoms with E-state index in [0.29, 0.717) is 31.2 Å². The zero-order chi connectivity index (χ0) is 22.0. The first kappa shape index (κ1) is 27.3. The average molecular weight is 564 g/mol. The molecule has 10 heteroatoms. The molecule has 0 amide bonds. The maximum atomic E-state index is 13.3. The smallest absolute Gasteiger partial charge is 0.240 e. The highest BCUT2D eigenvalue weighted by Gasteiger charge is 2.14. The van der Waals surface area contributed by atoms with Crippen molar-refractivity contribution in [2.24, 2.45) is 4.99 Å². The summed E-state index contributed by atoms with van der Waals surface area (Å²) in [4.78, 5) is 4.65. The number of aliphatic imine (C=N–C) groups is 1. The fourth-order valence-electron chi connectivity index (χ4n) is 2.74. The van der Waals surface area contributed by atoms with Gasteiger partial charge >= 0.3 is 0 Å². The summed E-state index contributed by atoms with van der Waals surface area (Å²) < 4.78 is 46.1. The summed E-state index contributed by atoms with van der Waals surface area (Å²) in [6, 6.07) is 12.5. The van der Waals surface area contributed by atoms with Gasteiger partial charge in [0.1, 0.15) is 5.82 Å². The topological polar surface area (TPSA) is 91.8 Å². The molecule has 2 aromatic carbocycles. The van der Waals surface area contributed by atoms with Crippen LogP contribution in [0.4, 0.5) is 4.39 Å². The van der Waals surface area contributed by atoms with Crippen LogP contribution in [0.5, 0.6) is 0 Å². The molecule has 0 aliphatic rings. The van der Waals surface area contributed by atoms with Crippen LogP contribution in [0.1, 0.15) is 25.0 Å². The second-order valence-corrected chi connectivity index (χ2v) is 8.56. The monoisotopic (exact) mass is 564 g/mol. The van der Waals surface area contributed by atoms with Crippen molar-refractivity contribution in [3.05, 3.63) is 65.5 Å². The molecule has 0 aliphatic carbocycles. The number of benzene rings is 2. The third kappa shape index (κ3) is 9.50. The van der Waals surface area contributed by atoms with Crippen LogP contribution in [0.3, 0.4) is 0 Å². The highest BCUT2D eigenvalue weighted by molar-refractivity contribution is 14.0. The Balaban J connectivity index is 0.00000480. The predicted molar refractivity (Wildman–Crippen MR) is 132 cm³/mol. The lowest BCUT2D eigenvalue weighted by molar-refractivity contribution is 0.179. The Bertz CT molecular complexity index is 957. The van der Waals surface area contributed by atoms with E-state index in [2.05, 4.69) is 20.3 Å². The molecule has 3 N–H and O–H groups in total. The van der Waals surface area contributed by atoms with Gasteiger partial charge in [-0.25, -0.2) is 22.5 Å². The molecule has 172 valence electrons. The summed E-state index contributed by atoms with van der Waals surface area (Å²) in [5.74, 6) is 0.219. The van der Waals surface area contributed by atoms with Crippen LogP contribution < -0.4 is 15.4 Å². The molecule has 0 saturated carbocycles. The van der Waals surface area contributed by atoms with Crippen LogP contribution in [0, 0.1) is 5.82 Å². The molecule has 0 radical (unpaired) electrons. The minimum Gasteiger partial charge on any atom is -0.383 e. The van der Waals surface area contributed by atoms with E-state index in [1.54, 1.807) is 31.4 Å². The van der Waals surface area contributed by atoms with E-state index in [4.69, 9.17) is 4.74 Å². The maximum absolute atomic E-state index is 13.3. The highest BCUT2D eigenvalue weighted by Crippen LogP contribution is 2.13. The van der Waals surface area contributed by atoms with Crippen molar-refractivity contribution >= 4 is 40.0 Å². The van der Waals surface area contributed by atoms with Gasteiger partial charge < -0.3 is 15.4 Å². The van der Waals surface area contributed by atoms with Gasteiger partial charge in [-0.15, -0.1) is 24.0 Å². The van der Waals surface area contributed by atoms with E-state index in [1.807, 2.05) is 19.9 Å². The number of ether oxygens (including phenoxy) is 1. The molecule has 1 unspecified atom stereocenters. The van der Waals surface area contributed by atoms with Crippen LogP contribution in [-0.4, -0.2) is 40.7 Å². The second kappa shape index (κ2) is 13.6. The lowest BCUT2D eigenvalue weighted by atomic mass is 10.2. The van der Waals surface area contributed by atoms with Crippen molar-refractivity contribution in [2.45, 2.75) is 37.9 Å². The number of halogens is 2. The first-order valence-electron chi connectivity index (χ1n) is 9.71. The van der Waals surface area contributed by atoms with Gasteiger partial charge in [0.2, 0.25) is 10.0 Å². The summed E-state index contributed by atoms with van der Waals surface area (Å²) in [7, 11) is -2.10. The van der Waals surface area contributed by atoms with Gasteiger partial charge in [0.15, 0.2) is 5.96 Å². The third-order valence-electron chi connectivity index (χ3n) is 4.13. The largest absolute Gasteiger partial charge is 0.383 e. The molecule has 1 atom stereocenters. The SMILES string of the molecule is CCNC(=NCc1cccc(S(=O)(=O)NCc2cccc(F)c2)c1)NC(C)COC.I. The van der Waals surface area contributed by atoms with Gasteiger partial charge in [-0.1, -0.05) is 24.3 Å². The van der Waals surface area contributed by atoms with Crippen molar-refractivity contribution in [3.8, 4) is 0 Å². The molecule has 31 heavy (non-hydrogen) atoms. The van der Waals surface area contributed by atoms with Gasteiger partial charge in [-0.3, -0.25) is 0 Å². The predicted octanol–water partition coefficient (Wildman–Crippen LogP) is 3.01. The van der Waals surface area contributed by atoms with Gasteiger partial charge in [0.05, 0.1) is 18.0 Å². The van der Waals surface area contributed by atoms with Crippen LogP contribution in [-0.2, 0) is 27.8 Å². The Morgan fingerprint density at radius 3 is 2.55 bits per heavy atom. The molecule has 0 bridgehead atoms. The number of rotatable bonds is 10. The average Bonchev–Trinajstić information content (AvgIpc) is 2.71. The van der Waals surface area contributed by atoms with Crippen molar-refractivity contribution < 1.29 is 17.5 Å². The normalized spacial score (nSPS) is 12.7. The van der Waals surface area contributed by atoms with Crippen molar-refractivity contribution in [1.82, 2.24) is 15.4 Å². The maximum Gasteiger partial charge on any atom is 0.240 e. The molecule has 0 spiro atoms. The molecular weight excluding hydrogens is 534 g/mol. The number of nitrogens with zero attached hydrogens (tertiary/aromatic N) is 1. The molecule has 0 heterocycles.